The lowest BCUT2D eigenvalue weighted by Gasteiger charge is -2.59. The standard InChI is InChI=1S/C21H30N2OS/c1-3-24-19-6-4-18(5-7-19)23-20(25)22-14(2)21-11-15-8-16(12-21)10-17(9-15)13-21/h4-7,14-17H,3,8-13H2,1-2H3,(H2,22,23,25). The van der Waals surface area contributed by atoms with E-state index in [4.69, 9.17) is 17.0 Å². The molecule has 5 rings (SSSR count). The van der Waals surface area contributed by atoms with Crippen molar-refractivity contribution in [2.45, 2.75) is 58.4 Å². The third-order valence-electron chi connectivity index (χ3n) is 6.77. The normalized spacial score (nSPS) is 33.8. The topological polar surface area (TPSA) is 33.3 Å². The number of hydrogen-bond donors (Lipinski definition) is 2. The molecule has 4 aliphatic carbocycles. The summed E-state index contributed by atoms with van der Waals surface area (Å²) in [7, 11) is 0. The van der Waals surface area contributed by atoms with E-state index in [1.165, 1.54) is 38.5 Å². The fourth-order valence-electron chi connectivity index (χ4n) is 6.03. The summed E-state index contributed by atoms with van der Waals surface area (Å²) in [6.45, 7) is 5.03. The highest BCUT2D eigenvalue weighted by atomic mass is 32.1. The Hall–Kier alpha value is -1.29. The van der Waals surface area contributed by atoms with E-state index in [1.54, 1.807) is 0 Å². The maximum Gasteiger partial charge on any atom is 0.171 e. The van der Waals surface area contributed by atoms with E-state index >= 15 is 0 Å². The molecular weight excluding hydrogens is 328 g/mol. The minimum absolute atomic E-state index is 0.448. The first-order valence-electron chi connectivity index (χ1n) is 9.86. The second kappa shape index (κ2) is 6.79. The lowest BCUT2D eigenvalue weighted by molar-refractivity contribution is -0.0671. The van der Waals surface area contributed by atoms with Gasteiger partial charge in [0, 0.05) is 11.7 Å². The molecule has 0 aromatic heterocycles. The second-order valence-corrected chi connectivity index (χ2v) is 8.97. The molecule has 136 valence electrons. The van der Waals surface area contributed by atoms with Gasteiger partial charge in [-0.25, -0.2) is 0 Å². The zero-order valence-electron chi connectivity index (χ0n) is 15.4. The first kappa shape index (κ1) is 17.1. The van der Waals surface area contributed by atoms with Gasteiger partial charge in [-0.15, -0.1) is 0 Å². The molecule has 0 spiro atoms. The van der Waals surface area contributed by atoms with Crippen LogP contribution < -0.4 is 15.4 Å². The minimum Gasteiger partial charge on any atom is -0.494 e. The molecule has 1 aromatic rings. The number of hydrogen-bond acceptors (Lipinski definition) is 2. The maximum atomic E-state index is 5.60. The summed E-state index contributed by atoms with van der Waals surface area (Å²) in [5.74, 6) is 3.82. The van der Waals surface area contributed by atoms with Crippen LogP contribution in [0.3, 0.4) is 0 Å². The van der Waals surface area contributed by atoms with Crippen LogP contribution in [0.2, 0.25) is 0 Å². The van der Waals surface area contributed by atoms with Gasteiger partial charge >= 0.3 is 0 Å². The smallest absolute Gasteiger partial charge is 0.171 e. The number of nitrogens with one attached hydrogen (secondary N) is 2. The Labute approximate surface area is 156 Å². The van der Waals surface area contributed by atoms with Crippen LogP contribution in [-0.2, 0) is 0 Å². The molecule has 4 saturated carbocycles. The summed E-state index contributed by atoms with van der Waals surface area (Å²) in [5.41, 5.74) is 1.48. The van der Waals surface area contributed by atoms with Crippen LogP contribution in [0, 0.1) is 23.2 Å². The van der Waals surface area contributed by atoms with Crippen molar-refractivity contribution >= 4 is 23.0 Å². The highest BCUT2D eigenvalue weighted by Gasteiger charge is 2.53. The van der Waals surface area contributed by atoms with Crippen LogP contribution in [0.25, 0.3) is 0 Å². The highest BCUT2D eigenvalue weighted by molar-refractivity contribution is 7.80. The number of thiocarbonyl (C=S) groups is 1. The molecule has 2 N–H and O–H groups in total. The Morgan fingerprint density at radius 3 is 2.20 bits per heavy atom. The summed E-state index contributed by atoms with van der Waals surface area (Å²) < 4.78 is 5.49. The van der Waals surface area contributed by atoms with E-state index in [2.05, 4.69) is 17.6 Å². The molecule has 4 fully saturated rings. The molecule has 0 saturated heterocycles. The summed E-state index contributed by atoms with van der Waals surface area (Å²) in [5, 5.41) is 7.70. The Morgan fingerprint density at radius 1 is 1.12 bits per heavy atom. The van der Waals surface area contributed by atoms with Gasteiger partial charge in [-0.1, -0.05) is 0 Å². The van der Waals surface area contributed by atoms with Crippen molar-refractivity contribution in [2.75, 3.05) is 11.9 Å². The second-order valence-electron chi connectivity index (χ2n) is 8.56. The van der Waals surface area contributed by atoms with Crippen molar-refractivity contribution in [3.05, 3.63) is 24.3 Å². The third kappa shape index (κ3) is 3.51. The van der Waals surface area contributed by atoms with Crippen LogP contribution in [0.4, 0.5) is 5.69 Å². The van der Waals surface area contributed by atoms with Gasteiger partial charge in [0.15, 0.2) is 5.11 Å². The molecule has 0 radical (unpaired) electrons. The number of rotatable bonds is 5. The Morgan fingerprint density at radius 2 is 1.68 bits per heavy atom. The molecule has 25 heavy (non-hydrogen) atoms. The summed E-state index contributed by atoms with van der Waals surface area (Å²) in [4.78, 5) is 0. The van der Waals surface area contributed by atoms with E-state index in [-0.39, 0.29) is 0 Å². The highest BCUT2D eigenvalue weighted by Crippen LogP contribution is 2.61. The Bertz CT molecular complexity index is 592. The number of ether oxygens (including phenoxy) is 1. The zero-order chi connectivity index (χ0) is 17.4. The molecular formula is C21H30N2OS. The van der Waals surface area contributed by atoms with E-state index < -0.39 is 0 Å². The SMILES string of the molecule is CCOc1ccc(NC(=S)NC(C)C23CC4CC(CC(C4)C2)C3)cc1. The number of benzene rings is 1. The molecule has 1 unspecified atom stereocenters. The van der Waals surface area contributed by atoms with E-state index in [1.807, 2.05) is 31.2 Å². The van der Waals surface area contributed by atoms with Crippen molar-refractivity contribution < 1.29 is 4.74 Å². The van der Waals surface area contributed by atoms with Crippen LogP contribution in [0.5, 0.6) is 5.75 Å². The molecule has 3 nitrogen and oxygen atoms in total. The number of anilines is 1. The van der Waals surface area contributed by atoms with Crippen LogP contribution >= 0.6 is 12.2 Å². The van der Waals surface area contributed by atoms with E-state index in [0.717, 1.165) is 34.3 Å². The van der Waals surface area contributed by atoms with Gasteiger partial charge in [-0.3, -0.25) is 0 Å². The predicted molar refractivity (Wildman–Crippen MR) is 107 cm³/mol. The van der Waals surface area contributed by atoms with Crippen molar-refractivity contribution in [2.24, 2.45) is 23.2 Å². The monoisotopic (exact) mass is 358 g/mol. The van der Waals surface area contributed by atoms with E-state index in [0.29, 0.717) is 18.1 Å². The van der Waals surface area contributed by atoms with Crippen LogP contribution in [-0.4, -0.2) is 17.8 Å². The largest absolute Gasteiger partial charge is 0.494 e. The van der Waals surface area contributed by atoms with Crippen LogP contribution in [0.15, 0.2) is 24.3 Å². The van der Waals surface area contributed by atoms with Gasteiger partial charge in [-0.2, -0.15) is 0 Å². The first-order valence-corrected chi connectivity index (χ1v) is 10.3. The summed E-state index contributed by atoms with van der Waals surface area (Å²) in [6.07, 6.45) is 8.67. The van der Waals surface area contributed by atoms with Crippen molar-refractivity contribution in [1.82, 2.24) is 5.32 Å². The fraction of sp³-hybridized carbons (Fsp3) is 0.667. The zero-order valence-corrected chi connectivity index (χ0v) is 16.2. The van der Waals surface area contributed by atoms with Crippen LogP contribution in [0.1, 0.15) is 52.4 Å². The summed E-state index contributed by atoms with van der Waals surface area (Å²) in [6, 6.07) is 8.46. The predicted octanol–water partition coefficient (Wildman–Crippen LogP) is 4.98. The molecule has 1 atom stereocenters. The molecule has 0 amide bonds. The van der Waals surface area contributed by atoms with Gasteiger partial charge < -0.3 is 15.4 Å². The van der Waals surface area contributed by atoms with Gasteiger partial charge in [0.05, 0.1) is 6.61 Å². The van der Waals surface area contributed by atoms with E-state index in [9.17, 15) is 0 Å². The average Bonchev–Trinajstić information content (AvgIpc) is 2.55. The average molecular weight is 359 g/mol. The molecule has 4 aliphatic rings. The Kier molecular flexibility index (Phi) is 4.65. The van der Waals surface area contributed by atoms with Gasteiger partial charge in [0.2, 0.25) is 0 Å². The van der Waals surface area contributed by atoms with Crippen molar-refractivity contribution in [3.63, 3.8) is 0 Å². The maximum absolute atomic E-state index is 5.60. The molecule has 4 bridgehead atoms. The molecule has 1 aromatic carbocycles. The fourth-order valence-corrected chi connectivity index (χ4v) is 6.32. The lowest BCUT2D eigenvalue weighted by Crippen LogP contribution is -2.56. The lowest BCUT2D eigenvalue weighted by atomic mass is 9.48. The molecule has 0 heterocycles. The van der Waals surface area contributed by atoms with Gasteiger partial charge in [0.1, 0.15) is 5.75 Å². The van der Waals surface area contributed by atoms with Crippen molar-refractivity contribution in [3.8, 4) is 5.75 Å². The molecule has 0 aliphatic heterocycles. The quantitative estimate of drug-likeness (QED) is 0.728. The molecule has 4 heteroatoms. The minimum atomic E-state index is 0.448. The third-order valence-corrected chi connectivity index (χ3v) is 6.99. The summed E-state index contributed by atoms with van der Waals surface area (Å²) >= 11 is 5.60. The van der Waals surface area contributed by atoms with Crippen molar-refractivity contribution in [1.29, 1.82) is 0 Å². The van der Waals surface area contributed by atoms with Gasteiger partial charge in [0.25, 0.3) is 0 Å². The van der Waals surface area contributed by atoms with Gasteiger partial charge in [-0.05, 0) is 112 Å². The Balaban J connectivity index is 1.36. The first-order chi connectivity index (χ1) is 12.1.